The molecule has 1 aromatic carbocycles. The van der Waals surface area contributed by atoms with Crippen LogP contribution >= 0.6 is 11.3 Å². The molecule has 0 aliphatic heterocycles. The van der Waals surface area contributed by atoms with Crippen molar-refractivity contribution >= 4 is 17.0 Å². The highest BCUT2D eigenvalue weighted by Crippen LogP contribution is 2.25. The third-order valence-electron chi connectivity index (χ3n) is 3.23. The number of thiophene rings is 1. The highest BCUT2D eigenvalue weighted by atomic mass is 32.1. The molecule has 2 nitrogen and oxygen atoms in total. The second kappa shape index (κ2) is 6.03. The molecule has 0 spiro atoms. The summed E-state index contributed by atoms with van der Waals surface area (Å²) in [6.45, 7) is 6.42. The predicted octanol–water partition coefficient (Wildman–Crippen LogP) is 3.64. The van der Waals surface area contributed by atoms with Gasteiger partial charge >= 0.3 is 0 Å². The van der Waals surface area contributed by atoms with Crippen LogP contribution in [0.2, 0.25) is 0 Å². The van der Waals surface area contributed by atoms with Gasteiger partial charge in [0.1, 0.15) is 0 Å². The maximum atomic E-state index is 6.25. The molecule has 0 bridgehead atoms. The largest absolute Gasteiger partial charge is 0.372 e. The summed E-state index contributed by atoms with van der Waals surface area (Å²) in [4.78, 5) is 3.55. The maximum absolute atomic E-state index is 6.25. The second-order valence-corrected chi connectivity index (χ2v) is 5.24. The third kappa shape index (κ3) is 2.74. The molecule has 1 atom stereocenters. The number of anilines is 1. The number of hydrogen-bond donors (Lipinski definition) is 1. The van der Waals surface area contributed by atoms with E-state index < -0.39 is 0 Å². The molecule has 0 radical (unpaired) electrons. The fourth-order valence-electron chi connectivity index (χ4n) is 2.11. The molecule has 1 heterocycles. The van der Waals surface area contributed by atoms with Gasteiger partial charge in [-0.1, -0.05) is 18.2 Å². The van der Waals surface area contributed by atoms with Gasteiger partial charge in [0, 0.05) is 23.7 Å². The predicted molar refractivity (Wildman–Crippen MR) is 80.4 cm³/mol. The summed E-state index contributed by atoms with van der Waals surface area (Å²) >= 11 is 1.71. The number of nitrogens with zero attached hydrogens (tertiary/aromatic N) is 1. The first-order chi connectivity index (χ1) is 8.76. The first kappa shape index (κ1) is 13.1. The Morgan fingerprint density at radius 3 is 2.28 bits per heavy atom. The van der Waals surface area contributed by atoms with E-state index in [4.69, 9.17) is 5.73 Å². The Kier molecular flexibility index (Phi) is 4.39. The average molecular weight is 260 g/mol. The Labute approximate surface area is 113 Å². The van der Waals surface area contributed by atoms with Crippen LogP contribution < -0.4 is 10.6 Å². The van der Waals surface area contributed by atoms with Gasteiger partial charge in [-0.25, -0.2) is 0 Å². The Balaban J connectivity index is 2.17. The average Bonchev–Trinajstić information content (AvgIpc) is 2.94. The molecule has 2 N–H and O–H groups in total. The van der Waals surface area contributed by atoms with Crippen LogP contribution in [0.25, 0.3) is 0 Å². The van der Waals surface area contributed by atoms with Crippen LogP contribution in [0.4, 0.5) is 5.69 Å². The highest BCUT2D eigenvalue weighted by molar-refractivity contribution is 7.10. The van der Waals surface area contributed by atoms with Crippen LogP contribution in [-0.2, 0) is 0 Å². The van der Waals surface area contributed by atoms with Gasteiger partial charge in [-0.15, -0.1) is 11.3 Å². The molecule has 96 valence electrons. The van der Waals surface area contributed by atoms with Crippen molar-refractivity contribution in [2.75, 3.05) is 18.0 Å². The molecule has 18 heavy (non-hydrogen) atoms. The first-order valence-electron chi connectivity index (χ1n) is 6.40. The van der Waals surface area contributed by atoms with Crippen molar-refractivity contribution in [3.8, 4) is 0 Å². The molecule has 0 unspecified atom stereocenters. The zero-order valence-corrected chi connectivity index (χ0v) is 11.8. The number of benzene rings is 1. The summed E-state index contributed by atoms with van der Waals surface area (Å²) in [6, 6.07) is 12.7. The third-order valence-corrected chi connectivity index (χ3v) is 4.19. The van der Waals surface area contributed by atoms with Gasteiger partial charge in [-0.05, 0) is 43.0 Å². The smallest absolute Gasteiger partial charge is 0.0646 e. The van der Waals surface area contributed by atoms with Crippen LogP contribution in [0, 0.1) is 0 Å². The first-order valence-corrected chi connectivity index (χ1v) is 7.28. The van der Waals surface area contributed by atoms with Crippen LogP contribution in [0.15, 0.2) is 41.8 Å². The quantitative estimate of drug-likeness (QED) is 0.889. The second-order valence-electron chi connectivity index (χ2n) is 4.26. The summed E-state index contributed by atoms with van der Waals surface area (Å²) < 4.78 is 0. The summed E-state index contributed by atoms with van der Waals surface area (Å²) in [5.41, 5.74) is 8.69. The maximum Gasteiger partial charge on any atom is 0.0646 e. The monoisotopic (exact) mass is 260 g/mol. The van der Waals surface area contributed by atoms with Crippen LogP contribution in [0.5, 0.6) is 0 Å². The number of hydrogen-bond acceptors (Lipinski definition) is 3. The lowest BCUT2D eigenvalue weighted by Gasteiger charge is -2.21. The van der Waals surface area contributed by atoms with E-state index in [1.165, 1.54) is 16.1 Å². The van der Waals surface area contributed by atoms with E-state index in [0.29, 0.717) is 0 Å². The van der Waals surface area contributed by atoms with Crippen molar-refractivity contribution in [2.45, 2.75) is 19.9 Å². The topological polar surface area (TPSA) is 29.3 Å². The van der Waals surface area contributed by atoms with E-state index in [1.807, 2.05) is 6.07 Å². The Morgan fingerprint density at radius 2 is 1.78 bits per heavy atom. The van der Waals surface area contributed by atoms with Crippen molar-refractivity contribution in [2.24, 2.45) is 5.73 Å². The molecule has 0 saturated heterocycles. The van der Waals surface area contributed by atoms with E-state index in [2.05, 4.69) is 54.5 Å². The molecule has 0 aliphatic carbocycles. The van der Waals surface area contributed by atoms with E-state index in [9.17, 15) is 0 Å². The van der Waals surface area contributed by atoms with E-state index in [-0.39, 0.29) is 6.04 Å². The molecule has 1 aromatic heterocycles. The van der Waals surface area contributed by atoms with E-state index in [0.717, 1.165) is 13.1 Å². The molecular weight excluding hydrogens is 240 g/mol. The fraction of sp³-hybridized carbons (Fsp3) is 0.333. The minimum absolute atomic E-state index is 0.00393. The summed E-state index contributed by atoms with van der Waals surface area (Å²) in [7, 11) is 0. The zero-order valence-electron chi connectivity index (χ0n) is 11.0. The zero-order chi connectivity index (χ0) is 13.0. The molecule has 0 aliphatic rings. The van der Waals surface area contributed by atoms with Gasteiger partial charge in [0.15, 0.2) is 0 Å². The van der Waals surface area contributed by atoms with Crippen LogP contribution in [0.3, 0.4) is 0 Å². The Morgan fingerprint density at radius 1 is 1.11 bits per heavy atom. The lowest BCUT2D eigenvalue weighted by molar-refractivity contribution is 0.860. The van der Waals surface area contributed by atoms with Crippen molar-refractivity contribution in [1.82, 2.24) is 0 Å². The number of nitrogens with two attached hydrogens (primary N) is 1. The minimum atomic E-state index is -0.00393. The molecule has 3 heteroatoms. The van der Waals surface area contributed by atoms with Gasteiger partial charge in [0.05, 0.1) is 6.04 Å². The van der Waals surface area contributed by atoms with Gasteiger partial charge in [-0.2, -0.15) is 0 Å². The molecule has 2 aromatic rings. The molecule has 0 saturated carbocycles. The summed E-state index contributed by atoms with van der Waals surface area (Å²) in [5.74, 6) is 0. The summed E-state index contributed by atoms with van der Waals surface area (Å²) in [5, 5.41) is 2.07. The highest BCUT2D eigenvalue weighted by Gasteiger charge is 2.10. The normalized spacial score (nSPS) is 12.4. The minimum Gasteiger partial charge on any atom is -0.372 e. The van der Waals surface area contributed by atoms with Crippen molar-refractivity contribution in [3.05, 3.63) is 52.2 Å². The van der Waals surface area contributed by atoms with Crippen LogP contribution in [-0.4, -0.2) is 13.1 Å². The van der Waals surface area contributed by atoms with E-state index in [1.54, 1.807) is 11.3 Å². The van der Waals surface area contributed by atoms with Crippen molar-refractivity contribution < 1.29 is 0 Å². The van der Waals surface area contributed by atoms with Crippen LogP contribution in [0.1, 0.15) is 30.3 Å². The standard InChI is InChI=1S/C15H20N2S/c1-3-17(4-2)13-9-7-12(8-10-13)15(16)14-6-5-11-18-14/h5-11,15H,3-4,16H2,1-2H3/t15-/m0/s1. The SMILES string of the molecule is CCN(CC)c1ccc([C@H](N)c2cccs2)cc1. The Bertz CT molecular complexity index is 458. The molecule has 2 rings (SSSR count). The molecule has 0 amide bonds. The lowest BCUT2D eigenvalue weighted by Crippen LogP contribution is -2.21. The molecule has 0 fully saturated rings. The summed E-state index contributed by atoms with van der Waals surface area (Å²) in [6.07, 6.45) is 0. The van der Waals surface area contributed by atoms with Gasteiger partial charge < -0.3 is 10.6 Å². The number of rotatable bonds is 5. The van der Waals surface area contributed by atoms with Gasteiger partial charge in [0.2, 0.25) is 0 Å². The fourth-order valence-corrected chi connectivity index (χ4v) is 2.87. The van der Waals surface area contributed by atoms with E-state index >= 15 is 0 Å². The van der Waals surface area contributed by atoms with Crippen molar-refractivity contribution in [1.29, 1.82) is 0 Å². The van der Waals surface area contributed by atoms with Gasteiger partial charge in [-0.3, -0.25) is 0 Å². The molecular formula is C15H20N2S. The van der Waals surface area contributed by atoms with Crippen molar-refractivity contribution in [3.63, 3.8) is 0 Å². The lowest BCUT2D eigenvalue weighted by atomic mass is 10.1. The Hall–Kier alpha value is -1.32. The van der Waals surface area contributed by atoms with Gasteiger partial charge in [0.25, 0.3) is 0 Å².